The number of ether oxygens (including phenoxy) is 2. The number of carbonyl (C=O) groups excluding carboxylic acids is 1. The van der Waals surface area contributed by atoms with Crippen molar-refractivity contribution in [3.8, 4) is 17.6 Å². The second-order valence-corrected chi connectivity index (χ2v) is 5.80. The van der Waals surface area contributed by atoms with Gasteiger partial charge in [0.15, 0.2) is 11.5 Å². The van der Waals surface area contributed by atoms with Crippen molar-refractivity contribution in [2.45, 2.75) is 45.6 Å². The molecule has 1 aromatic rings. The first-order valence-electron chi connectivity index (χ1n) is 8.75. The van der Waals surface area contributed by atoms with E-state index in [1.54, 1.807) is 12.1 Å². The molecule has 0 aliphatic heterocycles. The summed E-state index contributed by atoms with van der Waals surface area (Å²) in [6, 6.07) is 7.53. The third-order valence-electron chi connectivity index (χ3n) is 3.98. The number of nitriles is 1. The van der Waals surface area contributed by atoms with Gasteiger partial charge in [-0.1, -0.05) is 12.8 Å². The number of nitrogens with zero attached hydrogens (tertiary/aromatic N) is 1. The summed E-state index contributed by atoms with van der Waals surface area (Å²) in [6.45, 7) is 4.88. The van der Waals surface area contributed by atoms with E-state index >= 15 is 0 Å². The zero-order valence-corrected chi connectivity index (χ0v) is 14.8. The standard InChI is InChI=1S/C19H25N3O3/c1-3-24-17-10-9-16(11-18(17)25-4-2)21-13-14(12-20)19(23)22-15-7-5-6-8-15/h9-11,13,15,21H,3-8H2,1-2H3,(H,22,23)/b14-13-. The Morgan fingerprint density at radius 3 is 2.56 bits per heavy atom. The molecule has 1 saturated carbocycles. The lowest BCUT2D eigenvalue weighted by Crippen LogP contribution is -2.33. The third-order valence-corrected chi connectivity index (χ3v) is 3.98. The Labute approximate surface area is 148 Å². The lowest BCUT2D eigenvalue weighted by atomic mass is 10.2. The predicted molar refractivity (Wildman–Crippen MR) is 96.5 cm³/mol. The number of amides is 1. The normalized spacial score (nSPS) is 14.7. The van der Waals surface area contributed by atoms with Crippen LogP contribution in [0.15, 0.2) is 30.0 Å². The molecule has 0 spiro atoms. The van der Waals surface area contributed by atoms with E-state index in [2.05, 4.69) is 10.6 Å². The van der Waals surface area contributed by atoms with Crippen molar-refractivity contribution >= 4 is 11.6 Å². The maximum atomic E-state index is 12.2. The van der Waals surface area contributed by atoms with Crippen molar-refractivity contribution in [2.75, 3.05) is 18.5 Å². The van der Waals surface area contributed by atoms with Gasteiger partial charge in [-0.3, -0.25) is 4.79 Å². The number of hydrogen-bond acceptors (Lipinski definition) is 5. The van der Waals surface area contributed by atoms with E-state index < -0.39 is 0 Å². The Kier molecular flexibility index (Phi) is 7.15. The molecule has 2 N–H and O–H groups in total. The summed E-state index contributed by atoms with van der Waals surface area (Å²) in [4.78, 5) is 12.2. The fourth-order valence-corrected chi connectivity index (χ4v) is 2.78. The number of benzene rings is 1. The summed E-state index contributed by atoms with van der Waals surface area (Å²) in [5.74, 6) is 0.952. The molecule has 0 bridgehead atoms. The molecule has 6 nitrogen and oxygen atoms in total. The zero-order valence-electron chi connectivity index (χ0n) is 14.8. The second-order valence-electron chi connectivity index (χ2n) is 5.80. The quantitative estimate of drug-likeness (QED) is 0.558. The molecule has 134 valence electrons. The summed E-state index contributed by atoms with van der Waals surface area (Å²) in [5.41, 5.74) is 0.770. The molecule has 2 rings (SSSR count). The van der Waals surface area contributed by atoms with Crippen LogP contribution < -0.4 is 20.1 Å². The summed E-state index contributed by atoms with van der Waals surface area (Å²) < 4.78 is 11.1. The second kappa shape index (κ2) is 9.58. The SMILES string of the molecule is CCOc1ccc(N/C=C(/C#N)C(=O)NC2CCCC2)cc1OCC. The lowest BCUT2D eigenvalue weighted by molar-refractivity contribution is -0.117. The highest BCUT2D eigenvalue weighted by Crippen LogP contribution is 2.30. The van der Waals surface area contributed by atoms with E-state index in [1.165, 1.54) is 6.20 Å². The number of carbonyl (C=O) groups is 1. The van der Waals surface area contributed by atoms with Gasteiger partial charge in [0.2, 0.25) is 0 Å². The van der Waals surface area contributed by atoms with E-state index in [-0.39, 0.29) is 17.5 Å². The third kappa shape index (κ3) is 5.42. The van der Waals surface area contributed by atoms with Crippen molar-refractivity contribution < 1.29 is 14.3 Å². The summed E-state index contributed by atoms with van der Waals surface area (Å²) >= 11 is 0. The molecular formula is C19H25N3O3. The van der Waals surface area contributed by atoms with Crippen LogP contribution >= 0.6 is 0 Å². The molecule has 0 atom stereocenters. The lowest BCUT2D eigenvalue weighted by Gasteiger charge is -2.13. The van der Waals surface area contributed by atoms with Crippen LogP contribution in [-0.2, 0) is 4.79 Å². The Bertz CT molecular complexity index is 658. The zero-order chi connectivity index (χ0) is 18.1. The summed E-state index contributed by atoms with van der Waals surface area (Å²) in [5, 5.41) is 15.1. The number of anilines is 1. The average Bonchev–Trinajstić information content (AvgIpc) is 3.11. The monoisotopic (exact) mass is 343 g/mol. The highest BCUT2D eigenvalue weighted by molar-refractivity contribution is 5.97. The number of nitrogens with one attached hydrogen (secondary N) is 2. The van der Waals surface area contributed by atoms with Gasteiger partial charge in [-0.15, -0.1) is 0 Å². The number of rotatable bonds is 8. The Morgan fingerprint density at radius 2 is 1.92 bits per heavy atom. The first-order valence-corrected chi connectivity index (χ1v) is 8.75. The largest absolute Gasteiger partial charge is 0.490 e. The van der Waals surface area contributed by atoms with Crippen LogP contribution in [0.25, 0.3) is 0 Å². The first-order chi connectivity index (χ1) is 12.2. The van der Waals surface area contributed by atoms with Crippen molar-refractivity contribution in [1.29, 1.82) is 5.26 Å². The maximum Gasteiger partial charge on any atom is 0.263 e. The molecule has 0 aromatic heterocycles. The van der Waals surface area contributed by atoms with Gasteiger partial charge in [-0.05, 0) is 38.8 Å². The van der Waals surface area contributed by atoms with E-state index in [4.69, 9.17) is 9.47 Å². The van der Waals surface area contributed by atoms with Crippen LogP contribution in [0.5, 0.6) is 11.5 Å². The molecule has 6 heteroatoms. The van der Waals surface area contributed by atoms with Crippen LogP contribution in [0.4, 0.5) is 5.69 Å². The van der Waals surface area contributed by atoms with Gasteiger partial charge in [0.25, 0.3) is 5.91 Å². The minimum atomic E-state index is -0.335. The molecule has 1 aromatic carbocycles. The van der Waals surface area contributed by atoms with Crippen LogP contribution in [0, 0.1) is 11.3 Å². The van der Waals surface area contributed by atoms with Crippen LogP contribution in [-0.4, -0.2) is 25.2 Å². The van der Waals surface area contributed by atoms with Crippen molar-refractivity contribution in [2.24, 2.45) is 0 Å². The van der Waals surface area contributed by atoms with Crippen LogP contribution in [0.1, 0.15) is 39.5 Å². The highest BCUT2D eigenvalue weighted by atomic mass is 16.5. The van der Waals surface area contributed by atoms with Gasteiger partial charge >= 0.3 is 0 Å². The fourth-order valence-electron chi connectivity index (χ4n) is 2.78. The highest BCUT2D eigenvalue weighted by Gasteiger charge is 2.19. The average molecular weight is 343 g/mol. The Morgan fingerprint density at radius 1 is 1.24 bits per heavy atom. The van der Waals surface area contributed by atoms with Crippen molar-refractivity contribution in [3.63, 3.8) is 0 Å². The molecule has 1 amide bonds. The fraction of sp³-hybridized carbons (Fsp3) is 0.474. The van der Waals surface area contributed by atoms with Gasteiger partial charge in [-0.2, -0.15) is 5.26 Å². The van der Waals surface area contributed by atoms with Crippen LogP contribution in [0.3, 0.4) is 0 Å². The smallest absolute Gasteiger partial charge is 0.263 e. The molecule has 0 heterocycles. The van der Waals surface area contributed by atoms with Gasteiger partial charge in [0.1, 0.15) is 11.6 Å². The van der Waals surface area contributed by atoms with E-state index in [0.717, 1.165) is 25.7 Å². The first kappa shape index (κ1) is 18.7. The Hall–Kier alpha value is -2.68. The summed E-state index contributed by atoms with van der Waals surface area (Å²) in [6.07, 6.45) is 5.64. The molecule has 0 unspecified atom stereocenters. The molecule has 1 fully saturated rings. The molecule has 1 aliphatic carbocycles. The van der Waals surface area contributed by atoms with Gasteiger partial charge in [0, 0.05) is 24.0 Å². The van der Waals surface area contributed by atoms with E-state index in [1.807, 2.05) is 26.0 Å². The number of hydrogen-bond donors (Lipinski definition) is 2. The maximum absolute atomic E-state index is 12.2. The molecule has 1 aliphatic rings. The van der Waals surface area contributed by atoms with Crippen molar-refractivity contribution in [1.82, 2.24) is 5.32 Å². The molecule has 0 radical (unpaired) electrons. The predicted octanol–water partition coefficient (Wildman–Crippen LogP) is 3.36. The van der Waals surface area contributed by atoms with Gasteiger partial charge in [-0.25, -0.2) is 0 Å². The minimum absolute atomic E-state index is 0.0544. The minimum Gasteiger partial charge on any atom is -0.490 e. The molecular weight excluding hydrogens is 318 g/mol. The molecule has 25 heavy (non-hydrogen) atoms. The topological polar surface area (TPSA) is 83.4 Å². The Balaban J connectivity index is 2.05. The summed E-state index contributed by atoms with van der Waals surface area (Å²) in [7, 11) is 0. The van der Waals surface area contributed by atoms with Gasteiger partial charge < -0.3 is 20.1 Å². The van der Waals surface area contributed by atoms with Crippen LogP contribution in [0.2, 0.25) is 0 Å². The molecule has 0 saturated heterocycles. The van der Waals surface area contributed by atoms with Gasteiger partial charge in [0.05, 0.1) is 13.2 Å². The van der Waals surface area contributed by atoms with E-state index in [9.17, 15) is 10.1 Å². The van der Waals surface area contributed by atoms with E-state index in [0.29, 0.717) is 30.4 Å². The van der Waals surface area contributed by atoms with Crippen molar-refractivity contribution in [3.05, 3.63) is 30.0 Å².